The van der Waals surface area contributed by atoms with Gasteiger partial charge in [0.05, 0.1) is 11.6 Å². The molecule has 5 nitrogen and oxygen atoms in total. The predicted molar refractivity (Wildman–Crippen MR) is 74.5 cm³/mol. The summed E-state index contributed by atoms with van der Waals surface area (Å²) in [5.74, 6) is -2.25. The van der Waals surface area contributed by atoms with Gasteiger partial charge in [-0.25, -0.2) is 9.18 Å². The number of carboxylic acid groups (broad SMARTS) is 1. The molecule has 0 saturated carbocycles. The molecule has 1 atom stereocenters. The maximum absolute atomic E-state index is 13.4. The van der Waals surface area contributed by atoms with Gasteiger partial charge in [0.1, 0.15) is 5.82 Å². The smallest absolute Gasteiger partial charge is 0.319 e. The minimum Gasteiger partial charge on any atom is -0.481 e. The van der Waals surface area contributed by atoms with E-state index in [1.165, 1.54) is 12.1 Å². The first kappa shape index (κ1) is 16.2. The van der Waals surface area contributed by atoms with Crippen molar-refractivity contribution in [1.29, 1.82) is 0 Å². The average molecular weight is 303 g/mol. The second kappa shape index (κ2) is 7.69. The van der Waals surface area contributed by atoms with Crippen molar-refractivity contribution in [2.45, 2.75) is 19.8 Å². The van der Waals surface area contributed by atoms with Crippen LogP contribution in [0.4, 0.5) is 14.9 Å². The van der Waals surface area contributed by atoms with Gasteiger partial charge in [-0.15, -0.1) is 0 Å². The number of nitrogens with one attached hydrogen (secondary N) is 2. The zero-order valence-corrected chi connectivity index (χ0v) is 11.7. The minimum atomic E-state index is -0.971. The van der Waals surface area contributed by atoms with E-state index in [2.05, 4.69) is 10.6 Å². The normalized spacial score (nSPS) is 11.8. The van der Waals surface area contributed by atoms with Crippen molar-refractivity contribution in [1.82, 2.24) is 5.32 Å². The van der Waals surface area contributed by atoms with Crippen LogP contribution < -0.4 is 10.6 Å². The van der Waals surface area contributed by atoms with Crippen LogP contribution in [0.2, 0.25) is 5.02 Å². The fraction of sp³-hybridized carbons (Fsp3) is 0.385. The number of aliphatic carboxylic acids is 1. The summed E-state index contributed by atoms with van der Waals surface area (Å²) >= 11 is 5.69. The van der Waals surface area contributed by atoms with Gasteiger partial charge in [0.15, 0.2) is 0 Å². The van der Waals surface area contributed by atoms with Gasteiger partial charge >= 0.3 is 12.0 Å². The quantitative estimate of drug-likeness (QED) is 0.755. The van der Waals surface area contributed by atoms with Crippen LogP contribution in [0.1, 0.15) is 19.8 Å². The molecule has 0 aliphatic heterocycles. The summed E-state index contributed by atoms with van der Waals surface area (Å²) in [6.45, 7) is 1.84. The molecule has 1 aromatic carbocycles. The third-order valence-electron chi connectivity index (χ3n) is 2.67. The number of hydrogen-bond acceptors (Lipinski definition) is 2. The standard InChI is InChI=1S/C13H16ClFN2O3/c1-2-3-8(12(18)19)7-16-13(20)17-11-6-9(14)4-5-10(11)15/h4-6,8H,2-3,7H2,1H3,(H,18,19)(H2,16,17,20). The van der Waals surface area contributed by atoms with Crippen molar-refractivity contribution in [3.8, 4) is 0 Å². The van der Waals surface area contributed by atoms with Crippen LogP contribution in [-0.2, 0) is 4.79 Å². The fourth-order valence-electron chi connectivity index (χ4n) is 1.64. The molecule has 0 aromatic heterocycles. The first-order valence-electron chi connectivity index (χ1n) is 6.16. The molecule has 0 saturated heterocycles. The molecule has 1 unspecified atom stereocenters. The van der Waals surface area contributed by atoms with E-state index in [0.29, 0.717) is 12.8 Å². The molecule has 1 rings (SSSR count). The van der Waals surface area contributed by atoms with E-state index in [0.717, 1.165) is 6.07 Å². The van der Waals surface area contributed by atoms with Crippen molar-refractivity contribution in [3.63, 3.8) is 0 Å². The molecule has 0 heterocycles. The number of rotatable bonds is 6. The number of carbonyl (C=O) groups is 2. The van der Waals surface area contributed by atoms with Crippen molar-refractivity contribution < 1.29 is 19.1 Å². The Balaban J connectivity index is 2.55. The van der Waals surface area contributed by atoms with Gasteiger partial charge in [0.2, 0.25) is 0 Å². The lowest BCUT2D eigenvalue weighted by Gasteiger charge is -2.13. The first-order valence-corrected chi connectivity index (χ1v) is 6.54. The largest absolute Gasteiger partial charge is 0.481 e. The second-order valence-electron chi connectivity index (χ2n) is 4.28. The summed E-state index contributed by atoms with van der Waals surface area (Å²) in [5.41, 5.74) is -0.0580. The molecule has 0 radical (unpaired) electrons. The monoisotopic (exact) mass is 302 g/mol. The SMILES string of the molecule is CCCC(CNC(=O)Nc1cc(Cl)ccc1F)C(=O)O. The van der Waals surface area contributed by atoms with Crippen LogP contribution in [0, 0.1) is 11.7 Å². The van der Waals surface area contributed by atoms with Gasteiger partial charge in [-0.3, -0.25) is 4.79 Å². The number of anilines is 1. The highest BCUT2D eigenvalue weighted by atomic mass is 35.5. The Kier molecular flexibility index (Phi) is 6.24. The highest BCUT2D eigenvalue weighted by molar-refractivity contribution is 6.30. The summed E-state index contributed by atoms with van der Waals surface area (Å²) in [5, 5.41) is 13.9. The maximum Gasteiger partial charge on any atom is 0.319 e. The first-order chi connectivity index (χ1) is 9.43. The lowest BCUT2D eigenvalue weighted by atomic mass is 10.0. The van der Waals surface area contributed by atoms with E-state index >= 15 is 0 Å². The number of amides is 2. The average Bonchev–Trinajstić information content (AvgIpc) is 2.38. The van der Waals surface area contributed by atoms with Crippen LogP contribution in [0.5, 0.6) is 0 Å². The Bertz CT molecular complexity index is 497. The molecule has 20 heavy (non-hydrogen) atoms. The van der Waals surface area contributed by atoms with Crippen molar-refractivity contribution >= 4 is 29.3 Å². The van der Waals surface area contributed by atoms with Crippen LogP contribution >= 0.6 is 11.6 Å². The molecule has 0 fully saturated rings. The van der Waals surface area contributed by atoms with Gasteiger partial charge in [-0.05, 0) is 24.6 Å². The molecule has 110 valence electrons. The summed E-state index contributed by atoms with van der Waals surface area (Å²) in [6.07, 6.45) is 1.16. The summed E-state index contributed by atoms with van der Waals surface area (Å²) in [6, 6.07) is 3.10. The molecular weight excluding hydrogens is 287 g/mol. The van der Waals surface area contributed by atoms with Crippen molar-refractivity contribution in [2.75, 3.05) is 11.9 Å². The molecule has 0 aliphatic carbocycles. The number of halogens is 2. The molecule has 0 aliphatic rings. The van der Waals surface area contributed by atoms with Gasteiger partial charge in [-0.1, -0.05) is 24.9 Å². The van der Waals surface area contributed by atoms with Crippen LogP contribution in [0.3, 0.4) is 0 Å². The van der Waals surface area contributed by atoms with Crippen LogP contribution in [-0.4, -0.2) is 23.7 Å². The molecule has 7 heteroatoms. The van der Waals surface area contributed by atoms with E-state index < -0.39 is 23.7 Å². The Morgan fingerprint density at radius 1 is 1.45 bits per heavy atom. The summed E-state index contributed by atoms with van der Waals surface area (Å²) in [7, 11) is 0. The predicted octanol–water partition coefficient (Wildman–Crippen LogP) is 3.10. The van der Waals surface area contributed by atoms with Gasteiger partial charge in [0, 0.05) is 11.6 Å². The molecular formula is C13H16ClFN2O3. The lowest BCUT2D eigenvalue weighted by molar-refractivity contribution is -0.141. The second-order valence-corrected chi connectivity index (χ2v) is 4.72. The third kappa shape index (κ3) is 5.05. The van der Waals surface area contributed by atoms with Gasteiger partial charge in [-0.2, -0.15) is 0 Å². The number of hydrogen-bond donors (Lipinski definition) is 3. The van der Waals surface area contributed by atoms with Gasteiger partial charge < -0.3 is 15.7 Å². The molecule has 0 bridgehead atoms. The fourth-order valence-corrected chi connectivity index (χ4v) is 1.81. The van der Waals surface area contributed by atoms with E-state index in [9.17, 15) is 14.0 Å². The van der Waals surface area contributed by atoms with E-state index in [1.54, 1.807) is 0 Å². The molecule has 2 amide bonds. The Morgan fingerprint density at radius 2 is 2.15 bits per heavy atom. The van der Waals surface area contributed by atoms with Crippen molar-refractivity contribution in [3.05, 3.63) is 29.0 Å². The topological polar surface area (TPSA) is 78.4 Å². The molecule has 3 N–H and O–H groups in total. The molecule has 0 spiro atoms. The third-order valence-corrected chi connectivity index (χ3v) is 2.91. The lowest BCUT2D eigenvalue weighted by Crippen LogP contribution is -2.35. The maximum atomic E-state index is 13.4. The zero-order valence-electron chi connectivity index (χ0n) is 11.0. The van der Waals surface area contributed by atoms with Gasteiger partial charge in [0.25, 0.3) is 0 Å². The number of carbonyl (C=O) groups excluding carboxylic acids is 1. The summed E-state index contributed by atoms with van der Waals surface area (Å²) < 4.78 is 13.4. The van der Waals surface area contributed by atoms with E-state index in [1.807, 2.05) is 6.92 Å². The number of benzene rings is 1. The van der Waals surface area contributed by atoms with E-state index in [-0.39, 0.29) is 17.3 Å². The zero-order chi connectivity index (χ0) is 15.1. The van der Waals surface area contributed by atoms with E-state index in [4.69, 9.17) is 16.7 Å². The van der Waals surface area contributed by atoms with Crippen LogP contribution in [0.15, 0.2) is 18.2 Å². The number of urea groups is 1. The van der Waals surface area contributed by atoms with Crippen molar-refractivity contribution in [2.24, 2.45) is 5.92 Å². The minimum absolute atomic E-state index is 0.0167. The summed E-state index contributed by atoms with van der Waals surface area (Å²) in [4.78, 5) is 22.5. The Labute approximate surface area is 121 Å². The Morgan fingerprint density at radius 3 is 2.75 bits per heavy atom. The highest BCUT2D eigenvalue weighted by Crippen LogP contribution is 2.19. The Hall–Kier alpha value is -1.82. The molecule has 1 aromatic rings. The number of carboxylic acids is 1. The highest BCUT2D eigenvalue weighted by Gasteiger charge is 2.17. The van der Waals surface area contributed by atoms with Crippen LogP contribution in [0.25, 0.3) is 0 Å².